The molecule has 1 saturated carbocycles. The van der Waals surface area contributed by atoms with Crippen LogP contribution in [0.25, 0.3) is 0 Å². The van der Waals surface area contributed by atoms with Gasteiger partial charge < -0.3 is 15.5 Å². The molecule has 1 aromatic rings. The molecule has 2 aliphatic heterocycles. The van der Waals surface area contributed by atoms with Gasteiger partial charge in [-0.3, -0.25) is 14.9 Å². The Bertz CT molecular complexity index is 795. The zero-order chi connectivity index (χ0) is 22.0. The second kappa shape index (κ2) is 9.70. The molecule has 3 aliphatic rings. The van der Waals surface area contributed by atoms with Gasteiger partial charge in [-0.1, -0.05) is 12.1 Å². The number of nitrogens with zero attached hydrogens (tertiary/aromatic N) is 2. The van der Waals surface area contributed by atoms with Crippen LogP contribution < -0.4 is 16.0 Å². The first-order valence-electron chi connectivity index (χ1n) is 12.1. The van der Waals surface area contributed by atoms with E-state index in [1.807, 2.05) is 0 Å². The minimum absolute atomic E-state index is 0.157. The number of anilines is 1. The summed E-state index contributed by atoms with van der Waals surface area (Å²) < 4.78 is 0. The molecule has 0 radical (unpaired) electrons. The van der Waals surface area contributed by atoms with E-state index in [0.29, 0.717) is 24.9 Å². The monoisotopic (exact) mass is 426 g/mol. The molecule has 0 aromatic heterocycles. The number of aryl methyl sites for hydroxylation is 1. The molecular formula is C25H38N4O2. The van der Waals surface area contributed by atoms with Crippen LogP contribution in [0.15, 0.2) is 18.2 Å². The molecule has 170 valence electrons. The minimum atomic E-state index is -0.207. The van der Waals surface area contributed by atoms with Gasteiger partial charge in [0.05, 0.1) is 5.92 Å². The van der Waals surface area contributed by atoms with Crippen molar-refractivity contribution in [3.63, 3.8) is 0 Å². The predicted octanol–water partition coefficient (Wildman–Crippen LogP) is 2.93. The van der Waals surface area contributed by atoms with Gasteiger partial charge in [0.2, 0.25) is 11.8 Å². The lowest BCUT2D eigenvalue weighted by Crippen LogP contribution is -2.43. The molecule has 3 fully saturated rings. The summed E-state index contributed by atoms with van der Waals surface area (Å²) in [6, 6.07) is 7.52. The van der Waals surface area contributed by atoms with Crippen LogP contribution in [0.3, 0.4) is 0 Å². The van der Waals surface area contributed by atoms with Crippen LogP contribution in [-0.4, -0.2) is 55.5 Å². The zero-order valence-electron chi connectivity index (χ0n) is 19.1. The predicted molar refractivity (Wildman–Crippen MR) is 124 cm³/mol. The lowest BCUT2D eigenvalue weighted by Gasteiger charge is -2.39. The van der Waals surface area contributed by atoms with Gasteiger partial charge in [-0.2, -0.15) is 0 Å². The van der Waals surface area contributed by atoms with E-state index in [1.54, 1.807) is 0 Å². The normalized spacial score (nSPS) is 28.1. The molecule has 0 bridgehead atoms. The van der Waals surface area contributed by atoms with Crippen molar-refractivity contribution < 1.29 is 9.59 Å². The van der Waals surface area contributed by atoms with E-state index >= 15 is 0 Å². The van der Waals surface area contributed by atoms with Gasteiger partial charge in [-0.25, -0.2) is 0 Å². The van der Waals surface area contributed by atoms with Gasteiger partial charge >= 0.3 is 0 Å². The number of nitrogens with one attached hydrogen (secondary N) is 1. The summed E-state index contributed by atoms with van der Waals surface area (Å²) in [7, 11) is 2.30. The van der Waals surface area contributed by atoms with Crippen LogP contribution in [0.2, 0.25) is 0 Å². The molecule has 6 heteroatoms. The SMILES string of the molecule is Cc1cc(C2CCC(=O)NC2=O)ccc1N1CCC(CN(C)C2CCC(N)CC2)CC1. The molecular weight excluding hydrogens is 388 g/mol. The van der Waals surface area contributed by atoms with Crippen LogP contribution in [0.5, 0.6) is 0 Å². The van der Waals surface area contributed by atoms with Crippen molar-refractivity contribution in [2.75, 3.05) is 31.6 Å². The first kappa shape index (κ1) is 22.3. The summed E-state index contributed by atoms with van der Waals surface area (Å²) in [5.74, 6) is 0.240. The van der Waals surface area contributed by atoms with Crippen LogP contribution in [0.1, 0.15) is 68.4 Å². The van der Waals surface area contributed by atoms with Gasteiger partial charge in [0.25, 0.3) is 0 Å². The van der Waals surface area contributed by atoms with Crippen molar-refractivity contribution >= 4 is 17.5 Å². The smallest absolute Gasteiger partial charge is 0.234 e. The van der Waals surface area contributed by atoms with E-state index in [2.05, 4.69) is 47.3 Å². The largest absolute Gasteiger partial charge is 0.371 e. The molecule has 31 heavy (non-hydrogen) atoms. The molecule has 2 heterocycles. The van der Waals surface area contributed by atoms with Crippen molar-refractivity contribution in [3.05, 3.63) is 29.3 Å². The summed E-state index contributed by atoms with van der Waals surface area (Å²) in [4.78, 5) is 28.7. The van der Waals surface area contributed by atoms with Crippen molar-refractivity contribution in [1.82, 2.24) is 10.2 Å². The Balaban J connectivity index is 1.30. The van der Waals surface area contributed by atoms with Gasteiger partial charge in [0.15, 0.2) is 0 Å². The molecule has 4 rings (SSSR count). The zero-order valence-corrected chi connectivity index (χ0v) is 19.1. The molecule has 6 nitrogen and oxygen atoms in total. The highest BCUT2D eigenvalue weighted by molar-refractivity contribution is 6.01. The number of carbonyl (C=O) groups is 2. The molecule has 3 N–H and O–H groups in total. The van der Waals surface area contributed by atoms with E-state index in [-0.39, 0.29) is 17.7 Å². The van der Waals surface area contributed by atoms with Crippen LogP contribution in [0, 0.1) is 12.8 Å². The van der Waals surface area contributed by atoms with Gasteiger partial charge in [0.1, 0.15) is 0 Å². The van der Waals surface area contributed by atoms with Crippen LogP contribution >= 0.6 is 0 Å². The molecule has 0 spiro atoms. The Morgan fingerprint density at radius 2 is 1.77 bits per heavy atom. The second-order valence-electron chi connectivity index (χ2n) is 9.99. The van der Waals surface area contributed by atoms with Crippen LogP contribution in [-0.2, 0) is 9.59 Å². The van der Waals surface area contributed by atoms with E-state index in [4.69, 9.17) is 5.73 Å². The first-order valence-corrected chi connectivity index (χ1v) is 12.1. The Morgan fingerprint density at radius 1 is 1.06 bits per heavy atom. The Labute approximate surface area is 186 Å². The highest BCUT2D eigenvalue weighted by Crippen LogP contribution is 2.32. The average molecular weight is 427 g/mol. The van der Waals surface area contributed by atoms with Crippen molar-refractivity contribution in [3.8, 4) is 0 Å². The Morgan fingerprint density at radius 3 is 2.42 bits per heavy atom. The number of amides is 2. The molecule has 1 atom stereocenters. The van der Waals surface area contributed by atoms with Gasteiger partial charge in [-0.05, 0) is 82.0 Å². The third-order valence-corrected chi connectivity index (χ3v) is 7.73. The van der Waals surface area contributed by atoms with E-state index in [0.717, 1.165) is 24.6 Å². The summed E-state index contributed by atoms with van der Waals surface area (Å²) in [6.45, 7) is 5.51. The van der Waals surface area contributed by atoms with Crippen molar-refractivity contribution in [2.45, 2.75) is 76.3 Å². The number of nitrogens with two attached hydrogens (primary N) is 1. The van der Waals surface area contributed by atoms with E-state index < -0.39 is 0 Å². The maximum absolute atomic E-state index is 12.2. The summed E-state index contributed by atoms with van der Waals surface area (Å²) in [5, 5.41) is 2.47. The minimum Gasteiger partial charge on any atom is -0.371 e. The molecule has 2 saturated heterocycles. The first-order chi connectivity index (χ1) is 14.9. The number of rotatable bonds is 5. The average Bonchev–Trinajstić information content (AvgIpc) is 2.75. The van der Waals surface area contributed by atoms with E-state index in [9.17, 15) is 9.59 Å². The lowest BCUT2D eigenvalue weighted by atomic mass is 9.88. The third kappa shape index (κ3) is 5.29. The van der Waals surface area contributed by atoms with E-state index in [1.165, 1.54) is 56.3 Å². The molecule has 1 unspecified atom stereocenters. The van der Waals surface area contributed by atoms with Gasteiger partial charge in [0, 0.05) is 43.8 Å². The molecule has 1 aliphatic carbocycles. The standard InChI is InChI=1S/C25H38N4O2/c1-17-15-19(22-8-10-24(30)27-25(22)31)3-9-23(17)29-13-11-18(12-14-29)16-28(2)21-6-4-20(26)5-7-21/h3,9,15,18,20-22H,4-8,10-14,16,26H2,1-2H3,(H,27,30,31). The highest BCUT2D eigenvalue weighted by atomic mass is 16.2. The number of imide groups is 1. The second-order valence-corrected chi connectivity index (χ2v) is 9.99. The number of hydrogen-bond acceptors (Lipinski definition) is 5. The quantitative estimate of drug-likeness (QED) is 0.708. The Hall–Kier alpha value is -1.92. The maximum atomic E-state index is 12.2. The number of hydrogen-bond donors (Lipinski definition) is 2. The van der Waals surface area contributed by atoms with Gasteiger partial charge in [-0.15, -0.1) is 0 Å². The number of carbonyl (C=O) groups excluding carboxylic acids is 2. The fourth-order valence-electron chi connectivity index (χ4n) is 5.72. The fraction of sp³-hybridized carbons (Fsp3) is 0.680. The maximum Gasteiger partial charge on any atom is 0.234 e. The van der Waals surface area contributed by atoms with Crippen molar-refractivity contribution in [2.24, 2.45) is 11.7 Å². The summed E-state index contributed by atoms with van der Waals surface area (Å²) in [6.07, 6.45) is 8.31. The molecule has 2 amide bonds. The van der Waals surface area contributed by atoms with Crippen molar-refractivity contribution in [1.29, 1.82) is 0 Å². The highest BCUT2D eigenvalue weighted by Gasteiger charge is 2.29. The molecule has 1 aromatic carbocycles. The lowest BCUT2D eigenvalue weighted by molar-refractivity contribution is -0.134. The fourth-order valence-corrected chi connectivity index (χ4v) is 5.72. The number of piperidine rings is 2. The van der Waals surface area contributed by atoms with Crippen LogP contribution in [0.4, 0.5) is 5.69 Å². The summed E-state index contributed by atoms with van der Waals surface area (Å²) >= 11 is 0. The third-order valence-electron chi connectivity index (χ3n) is 7.73. The number of benzene rings is 1. The topological polar surface area (TPSA) is 78.7 Å². The summed E-state index contributed by atoms with van der Waals surface area (Å²) in [5.41, 5.74) is 9.59. The Kier molecular flexibility index (Phi) is 6.97.